The second kappa shape index (κ2) is 6.43. The zero-order valence-corrected chi connectivity index (χ0v) is 13.2. The Morgan fingerprint density at radius 2 is 2.10 bits per heavy atom. The first-order valence-electron chi connectivity index (χ1n) is 7.49. The molecule has 0 aromatic carbocycles. The van der Waals surface area contributed by atoms with Gasteiger partial charge >= 0.3 is 6.09 Å². The van der Waals surface area contributed by atoms with E-state index in [0.29, 0.717) is 6.04 Å². The van der Waals surface area contributed by atoms with Gasteiger partial charge in [0.15, 0.2) is 0 Å². The smallest absolute Gasteiger partial charge is 0.407 e. The number of aromatic nitrogens is 1. The summed E-state index contributed by atoms with van der Waals surface area (Å²) >= 11 is 0. The lowest BCUT2D eigenvalue weighted by atomic mass is 9.86. The van der Waals surface area contributed by atoms with Gasteiger partial charge in [-0.2, -0.15) is 0 Å². The molecule has 1 atom stereocenters. The van der Waals surface area contributed by atoms with Crippen LogP contribution >= 0.6 is 0 Å². The second-order valence-corrected chi connectivity index (χ2v) is 6.69. The van der Waals surface area contributed by atoms with Crippen molar-refractivity contribution in [3.05, 3.63) is 30.1 Å². The van der Waals surface area contributed by atoms with Gasteiger partial charge in [0.05, 0.1) is 0 Å². The Labute approximate surface area is 126 Å². The van der Waals surface area contributed by atoms with Gasteiger partial charge in [0.2, 0.25) is 0 Å². The summed E-state index contributed by atoms with van der Waals surface area (Å²) in [6.07, 6.45) is 5.20. The molecule has 1 aromatic heterocycles. The molecule has 21 heavy (non-hydrogen) atoms. The number of pyridine rings is 1. The van der Waals surface area contributed by atoms with Crippen molar-refractivity contribution in [3.63, 3.8) is 0 Å². The van der Waals surface area contributed by atoms with Crippen LogP contribution in [0.3, 0.4) is 0 Å². The zero-order valence-electron chi connectivity index (χ0n) is 13.2. The highest BCUT2D eigenvalue weighted by atomic mass is 16.6. The van der Waals surface area contributed by atoms with Gasteiger partial charge in [0.1, 0.15) is 5.60 Å². The number of hydrogen-bond acceptors (Lipinski definition) is 4. The standard InChI is InChI=1S/C16H25N3O2/c1-11(12-6-5-7-17-10-12)18-13-8-14(9-13)19-15(20)21-16(2,3)4/h5-7,10-11,13-14,18H,8-9H2,1-4H3,(H,19,20). The molecule has 5 nitrogen and oxygen atoms in total. The van der Waals surface area contributed by atoms with Gasteiger partial charge in [-0.1, -0.05) is 6.07 Å². The number of amides is 1. The van der Waals surface area contributed by atoms with Gasteiger partial charge in [0.25, 0.3) is 0 Å². The fraction of sp³-hybridized carbons (Fsp3) is 0.625. The fourth-order valence-corrected chi connectivity index (χ4v) is 2.43. The largest absolute Gasteiger partial charge is 0.444 e. The number of carbonyl (C=O) groups is 1. The molecule has 1 aliphatic rings. The molecule has 1 aromatic rings. The molecule has 0 saturated heterocycles. The van der Waals surface area contributed by atoms with Crippen LogP contribution in [0, 0.1) is 0 Å². The van der Waals surface area contributed by atoms with Crippen LogP contribution in [0.4, 0.5) is 4.79 Å². The number of hydrogen-bond donors (Lipinski definition) is 2. The summed E-state index contributed by atoms with van der Waals surface area (Å²) in [5.74, 6) is 0. The molecule has 1 heterocycles. The minimum Gasteiger partial charge on any atom is -0.444 e. The lowest BCUT2D eigenvalue weighted by Crippen LogP contribution is -2.53. The van der Waals surface area contributed by atoms with E-state index in [-0.39, 0.29) is 18.2 Å². The van der Waals surface area contributed by atoms with Crippen LogP contribution in [-0.2, 0) is 4.74 Å². The van der Waals surface area contributed by atoms with E-state index in [2.05, 4.69) is 28.6 Å². The molecule has 1 unspecified atom stereocenters. The Balaban J connectivity index is 1.69. The van der Waals surface area contributed by atoms with Crippen LogP contribution in [0.15, 0.2) is 24.5 Å². The van der Waals surface area contributed by atoms with Gasteiger partial charge in [-0.05, 0) is 52.2 Å². The van der Waals surface area contributed by atoms with Crippen LogP contribution in [0.1, 0.15) is 52.1 Å². The summed E-state index contributed by atoms with van der Waals surface area (Å²) in [5.41, 5.74) is 0.737. The van der Waals surface area contributed by atoms with Crippen LogP contribution in [0.25, 0.3) is 0 Å². The summed E-state index contributed by atoms with van der Waals surface area (Å²) in [7, 11) is 0. The zero-order chi connectivity index (χ0) is 15.5. The summed E-state index contributed by atoms with van der Waals surface area (Å²) < 4.78 is 5.25. The topological polar surface area (TPSA) is 63.2 Å². The van der Waals surface area contributed by atoms with E-state index in [1.54, 1.807) is 6.20 Å². The van der Waals surface area contributed by atoms with Gasteiger partial charge in [-0.3, -0.25) is 4.98 Å². The van der Waals surface area contributed by atoms with Crippen molar-refractivity contribution in [2.24, 2.45) is 0 Å². The average Bonchev–Trinajstić information content (AvgIpc) is 2.35. The third kappa shape index (κ3) is 5.01. The number of nitrogens with zero attached hydrogens (tertiary/aromatic N) is 1. The molecule has 1 amide bonds. The fourth-order valence-electron chi connectivity index (χ4n) is 2.43. The predicted molar refractivity (Wildman–Crippen MR) is 82.0 cm³/mol. The highest BCUT2D eigenvalue weighted by Gasteiger charge is 2.32. The summed E-state index contributed by atoms with van der Waals surface area (Å²) in [4.78, 5) is 15.8. The molecule has 5 heteroatoms. The lowest BCUT2D eigenvalue weighted by Gasteiger charge is -2.38. The third-order valence-electron chi connectivity index (χ3n) is 3.53. The molecule has 0 aliphatic heterocycles. The number of nitrogens with one attached hydrogen (secondary N) is 2. The molecule has 0 bridgehead atoms. The molecule has 1 fully saturated rings. The van der Waals surface area contributed by atoms with E-state index in [1.165, 1.54) is 5.56 Å². The van der Waals surface area contributed by atoms with Crippen molar-refractivity contribution in [2.75, 3.05) is 0 Å². The lowest BCUT2D eigenvalue weighted by molar-refractivity contribution is 0.0463. The molecule has 0 spiro atoms. The number of rotatable bonds is 4. The van der Waals surface area contributed by atoms with Gasteiger partial charge < -0.3 is 15.4 Å². The van der Waals surface area contributed by atoms with Gasteiger partial charge in [0, 0.05) is 30.5 Å². The highest BCUT2D eigenvalue weighted by Crippen LogP contribution is 2.24. The summed E-state index contributed by atoms with van der Waals surface area (Å²) in [6, 6.07) is 4.92. The molecule has 2 N–H and O–H groups in total. The van der Waals surface area contributed by atoms with Crippen molar-refractivity contribution < 1.29 is 9.53 Å². The van der Waals surface area contributed by atoms with E-state index in [9.17, 15) is 4.79 Å². The van der Waals surface area contributed by atoms with Crippen molar-refractivity contribution in [3.8, 4) is 0 Å². The van der Waals surface area contributed by atoms with Crippen LogP contribution in [0.2, 0.25) is 0 Å². The maximum absolute atomic E-state index is 11.7. The van der Waals surface area contributed by atoms with Crippen molar-refractivity contribution in [2.45, 2.75) is 64.3 Å². The van der Waals surface area contributed by atoms with E-state index in [1.807, 2.05) is 33.0 Å². The van der Waals surface area contributed by atoms with Crippen molar-refractivity contribution in [1.82, 2.24) is 15.6 Å². The minimum absolute atomic E-state index is 0.207. The molecular weight excluding hydrogens is 266 g/mol. The number of carbonyl (C=O) groups excluding carboxylic acids is 1. The second-order valence-electron chi connectivity index (χ2n) is 6.69. The Kier molecular flexibility index (Phi) is 4.83. The Hall–Kier alpha value is -1.62. The van der Waals surface area contributed by atoms with Crippen LogP contribution in [-0.4, -0.2) is 28.8 Å². The van der Waals surface area contributed by atoms with E-state index < -0.39 is 5.60 Å². The molecule has 1 saturated carbocycles. The Morgan fingerprint density at radius 3 is 2.67 bits per heavy atom. The maximum atomic E-state index is 11.7. The van der Waals surface area contributed by atoms with E-state index >= 15 is 0 Å². The van der Waals surface area contributed by atoms with Crippen LogP contribution in [0.5, 0.6) is 0 Å². The normalized spacial score (nSPS) is 23.0. The highest BCUT2D eigenvalue weighted by molar-refractivity contribution is 5.68. The first-order valence-corrected chi connectivity index (χ1v) is 7.49. The molecule has 1 aliphatic carbocycles. The van der Waals surface area contributed by atoms with E-state index in [4.69, 9.17) is 4.74 Å². The molecule has 2 rings (SSSR count). The number of alkyl carbamates (subject to hydrolysis) is 1. The average molecular weight is 291 g/mol. The minimum atomic E-state index is -0.444. The Bertz CT molecular complexity index is 464. The number of ether oxygens (including phenoxy) is 1. The SMILES string of the molecule is CC(NC1CC(NC(=O)OC(C)(C)C)C1)c1cccnc1. The Morgan fingerprint density at radius 1 is 1.38 bits per heavy atom. The molecular formula is C16H25N3O2. The third-order valence-corrected chi connectivity index (χ3v) is 3.53. The molecule has 116 valence electrons. The van der Waals surface area contributed by atoms with Crippen molar-refractivity contribution in [1.29, 1.82) is 0 Å². The predicted octanol–water partition coefficient (Wildman–Crippen LogP) is 2.79. The van der Waals surface area contributed by atoms with Gasteiger partial charge in [-0.25, -0.2) is 4.79 Å². The maximum Gasteiger partial charge on any atom is 0.407 e. The summed E-state index contributed by atoms with van der Waals surface area (Å²) in [6.45, 7) is 7.74. The first kappa shape index (κ1) is 15.8. The van der Waals surface area contributed by atoms with E-state index in [0.717, 1.165) is 12.8 Å². The van der Waals surface area contributed by atoms with Crippen LogP contribution < -0.4 is 10.6 Å². The van der Waals surface area contributed by atoms with Crippen molar-refractivity contribution >= 4 is 6.09 Å². The quantitative estimate of drug-likeness (QED) is 0.895. The monoisotopic (exact) mass is 291 g/mol. The first-order chi connectivity index (χ1) is 9.83. The van der Waals surface area contributed by atoms with Gasteiger partial charge in [-0.15, -0.1) is 0 Å². The molecule has 0 radical (unpaired) electrons. The summed E-state index contributed by atoms with van der Waals surface area (Å²) in [5, 5.41) is 6.45.